The smallest absolute Gasteiger partial charge is 0.155 e. The number of ether oxygens (including phenoxy) is 1. The summed E-state index contributed by atoms with van der Waals surface area (Å²) in [5, 5.41) is 3.33. The Morgan fingerprint density at radius 3 is 2.40 bits per heavy atom. The van der Waals surface area contributed by atoms with Crippen LogP contribution in [-0.4, -0.2) is 30.2 Å². The van der Waals surface area contributed by atoms with Gasteiger partial charge < -0.3 is 10.1 Å². The number of nitrogens with one attached hydrogen (secondary N) is 1. The summed E-state index contributed by atoms with van der Waals surface area (Å²) in [6.07, 6.45) is 5.74. The molecule has 1 N–H and O–H groups in total. The summed E-state index contributed by atoms with van der Waals surface area (Å²) >= 11 is 0. The Balaban J connectivity index is 0.00000112. The third-order valence-corrected chi connectivity index (χ3v) is 2.59. The molecule has 1 fully saturated rings. The van der Waals surface area contributed by atoms with Gasteiger partial charge in [-0.1, -0.05) is 0 Å². The molecule has 5 heteroatoms. The summed E-state index contributed by atoms with van der Waals surface area (Å²) in [4.78, 5) is 8.62. The van der Waals surface area contributed by atoms with Gasteiger partial charge in [0.2, 0.25) is 0 Å². The molecule has 0 amide bonds. The van der Waals surface area contributed by atoms with Gasteiger partial charge in [-0.25, -0.2) is 9.97 Å². The van der Waals surface area contributed by atoms with Crippen LogP contribution in [0.4, 0.5) is 0 Å². The quantitative estimate of drug-likeness (QED) is 0.832. The number of hydrogen-bond acceptors (Lipinski definition) is 4. The highest BCUT2D eigenvalue weighted by atomic mass is 35.5. The molecular weight excluding hydrogens is 214 g/mol. The topological polar surface area (TPSA) is 47.0 Å². The molecule has 1 aliphatic heterocycles. The maximum Gasteiger partial charge on any atom is 0.155 e. The largest absolute Gasteiger partial charge is 0.494 e. The second kappa shape index (κ2) is 5.88. The lowest BCUT2D eigenvalue weighted by atomic mass is 9.97. The predicted molar refractivity (Wildman–Crippen MR) is 60.7 cm³/mol. The van der Waals surface area contributed by atoms with E-state index in [0.717, 1.165) is 37.5 Å². The molecule has 1 aromatic rings. The van der Waals surface area contributed by atoms with E-state index in [1.807, 2.05) is 0 Å². The lowest BCUT2D eigenvalue weighted by Crippen LogP contribution is -2.27. The minimum atomic E-state index is 0. The Labute approximate surface area is 95.9 Å². The van der Waals surface area contributed by atoms with Crippen molar-refractivity contribution in [1.82, 2.24) is 15.3 Å². The molecule has 0 unspecified atom stereocenters. The number of rotatable bonds is 2. The Kier molecular flexibility index (Phi) is 4.78. The van der Waals surface area contributed by atoms with Crippen LogP contribution in [0.25, 0.3) is 0 Å². The van der Waals surface area contributed by atoms with E-state index in [1.165, 1.54) is 0 Å². The van der Waals surface area contributed by atoms with Crippen LogP contribution in [0.2, 0.25) is 0 Å². The van der Waals surface area contributed by atoms with E-state index in [4.69, 9.17) is 4.74 Å². The van der Waals surface area contributed by atoms with Gasteiger partial charge in [0, 0.05) is 5.92 Å². The fourth-order valence-electron chi connectivity index (χ4n) is 1.72. The molecule has 2 rings (SSSR count). The highest BCUT2D eigenvalue weighted by Crippen LogP contribution is 2.22. The number of aromatic nitrogens is 2. The normalized spacial score (nSPS) is 16.9. The van der Waals surface area contributed by atoms with Gasteiger partial charge in [-0.15, -0.1) is 12.4 Å². The Morgan fingerprint density at radius 2 is 1.87 bits per heavy atom. The van der Waals surface area contributed by atoms with Gasteiger partial charge in [0.15, 0.2) is 5.75 Å². The van der Waals surface area contributed by atoms with E-state index < -0.39 is 0 Å². The van der Waals surface area contributed by atoms with Crippen molar-refractivity contribution < 1.29 is 4.74 Å². The van der Waals surface area contributed by atoms with Gasteiger partial charge in [0.05, 0.1) is 19.5 Å². The van der Waals surface area contributed by atoms with E-state index in [9.17, 15) is 0 Å². The standard InChI is InChI=1S/C10H15N3O.ClH/c1-14-9-6-12-10(13-7-9)8-2-4-11-5-3-8;/h6-8,11H,2-5H2,1H3;1H. The number of piperidine rings is 1. The van der Waals surface area contributed by atoms with Gasteiger partial charge >= 0.3 is 0 Å². The van der Waals surface area contributed by atoms with Crippen LogP contribution >= 0.6 is 12.4 Å². The Bertz CT molecular complexity index is 285. The molecule has 0 atom stereocenters. The molecule has 1 saturated heterocycles. The van der Waals surface area contributed by atoms with Crippen molar-refractivity contribution in [1.29, 1.82) is 0 Å². The van der Waals surface area contributed by atoms with Crippen LogP contribution in [0.5, 0.6) is 5.75 Å². The van der Waals surface area contributed by atoms with Gasteiger partial charge in [0.25, 0.3) is 0 Å². The molecule has 1 aromatic heterocycles. The van der Waals surface area contributed by atoms with Gasteiger partial charge in [0.1, 0.15) is 5.82 Å². The first-order valence-corrected chi connectivity index (χ1v) is 4.97. The monoisotopic (exact) mass is 229 g/mol. The highest BCUT2D eigenvalue weighted by molar-refractivity contribution is 5.85. The average molecular weight is 230 g/mol. The molecule has 0 radical (unpaired) electrons. The van der Waals surface area contributed by atoms with Crippen molar-refractivity contribution in [2.75, 3.05) is 20.2 Å². The zero-order valence-electron chi connectivity index (χ0n) is 8.77. The molecular formula is C10H16ClN3O. The van der Waals surface area contributed by atoms with Gasteiger partial charge in [-0.05, 0) is 25.9 Å². The SMILES string of the molecule is COc1cnc(C2CCNCC2)nc1.Cl. The van der Waals surface area contributed by atoms with E-state index in [2.05, 4.69) is 15.3 Å². The zero-order chi connectivity index (χ0) is 9.80. The van der Waals surface area contributed by atoms with Crippen molar-refractivity contribution >= 4 is 12.4 Å². The molecule has 4 nitrogen and oxygen atoms in total. The van der Waals surface area contributed by atoms with E-state index in [1.54, 1.807) is 19.5 Å². The van der Waals surface area contributed by atoms with E-state index >= 15 is 0 Å². The van der Waals surface area contributed by atoms with Crippen molar-refractivity contribution in [3.8, 4) is 5.75 Å². The second-order valence-corrected chi connectivity index (χ2v) is 3.51. The second-order valence-electron chi connectivity index (χ2n) is 3.51. The minimum Gasteiger partial charge on any atom is -0.494 e. The third kappa shape index (κ3) is 3.04. The number of methoxy groups -OCH3 is 1. The number of halogens is 1. The molecule has 84 valence electrons. The summed E-state index contributed by atoms with van der Waals surface area (Å²) < 4.78 is 5.02. The van der Waals surface area contributed by atoms with Crippen LogP contribution in [0.1, 0.15) is 24.6 Å². The molecule has 15 heavy (non-hydrogen) atoms. The summed E-state index contributed by atoms with van der Waals surface area (Å²) in [5.74, 6) is 2.19. The Hall–Kier alpha value is -0.870. The lowest BCUT2D eigenvalue weighted by Gasteiger charge is -2.20. The van der Waals surface area contributed by atoms with E-state index in [-0.39, 0.29) is 12.4 Å². The summed E-state index contributed by atoms with van der Waals surface area (Å²) in [6, 6.07) is 0. The third-order valence-electron chi connectivity index (χ3n) is 2.59. The molecule has 1 aliphatic rings. The minimum absolute atomic E-state index is 0. The summed E-state index contributed by atoms with van der Waals surface area (Å²) in [7, 11) is 1.63. The van der Waals surface area contributed by atoms with Gasteiger partial charge in [-0.2, -0.15) is 0 Å². The molecule has 0 spiro atoms. The predicted octanol–water partition coefficient (Wildman–Crippen LogP) is 1.37. The molecule has 0 aliphatic carbocycles. The fourth-order valence-corrected chi connectivity index (χ4v) is 1.72. The van der Waals surface area contributed by atoms with Gasteiger partial charge in [-0.3, -0.25) is 0 Å². The summed E-state index contributed by atoms with van der Waals surface area (Å²) in [6.45, 7) is 2.14. The summed E-state index contributed by atoms with van der Waals surface area (Å²) in [5.41, 5.74) is 0. The van der Waals surface area contributed by atoms with Crippen molar-refractivity contribution in [2.24, 2.45) is 0 Å². The number of nitrogens with zero attached hydrogens (tertiary/aromatic N) is 2. The average Bonchev–Trinajstić information content (AvgIpc) is 2.30. The van der Waals surface area contributed by atoms with Crippen LogP contribution < -0.4 is 10.1 Å². The first-order valence-electron chi connectivity index (χ1n) is 4.97. The molecule has 2 heterocycles. The maximum absolute atomic E-state index is 5.02. The van der Waals surface area contributed by atoms with E-state index in [0.29, 0.717) is 5.92 Å². The van der Waals surface area contributed by atoms with Crippen molar-refractivity contribution in [3.63, 3.8) is 0 Å². The lowest BCUT2D eigenvalue weighted by molar-refractivity contribution is 0.405. The van der Waals surface area contributed by atoms with Crippen LogP contribution in [0.15, 0.2) is 12.4 Å². The molecule has 0 aromatic carbocycles. The van der Waals surface area contributed by atoms with Crippen molar-refractivity contribution in [2.45, 2.75) is 18.8 Å². The zero-order valence-corrected chi connectivity index (χ0v) is 9.59. The molecule has 0 saturated carbocycles. The maximum atomic E-state index is 5.02. The first-order chi connectivity index (χ1) is 6.90. The van der Waals surface area contributed by atoms with Crippen molar-refractivity contribution in [3.05, 3.63) is 18.2 Å². The fraction of sp³-hybridized carbons (Fsp3) is 0.600. The Morgan fingerprint density at radius 1 is 1.27 bits per heavy atom. The number of hydrogen-bond donors (Lipinski definition) is 1. The van der Waals surface area contributed by atoms with Crippen LogP contribution in [0.3, 0.4) is 0 Å². The first kappa shape index (κ1) is 12.2. The molecule has 0 bridgehead atoms. The van der Waals surface area contributed by atoms with Crippen LogP contribution in [-0.2, 0) is 0 Å². The highest BCUT2D eigenvalue weighted by Gasteiger charge is 2.17. The van der Waals surface area contributed by atoms with Crippen LogP contribution in [0, 0.1) is 0 Å².